The molecule has 0 saturated heterocycles. The van der Waals surface area contributed by atoms with Crippen LogP contribution in [-0.4, -0.2) is 63.9 Å². The molecule has 110 valence electrons. The Hall–Kier alpha value is -1.56. The summed E-state index contributed by atoms with van der Waals surface area (Å²) in [5, 5.41) is 5.36. The summed E-state index contributed by atoms with van der Waals surface area (Å²) in [5.74, 6) is -0.440. The molecule has 0 aromatic carbocycles. The standard InChI is InChI=1S/C13H25N3O3/c1-11(2)12(17)19-10-8-15-13(18)14-7-6-9-16(3,4)5/h1,6-10H2,2-5H3,(H-,14,15,18)/p+1. The summed E-state index contributed by atoms with van der Waals surface area (Å²) >= 11 is 0. The van der Waals surface area contributed by atoms with Crippen LogP contribution in [0.1, 0.15) is 13.3 Å². The Morgan fingerprint density at radius 3 is 2.26 bits per heavy atom. The zero-order valence-corrected chi connectivity index (χ0v) is 12.4. The van der Waals surface area contributed by atoms with E-state index in [1.807, 2.05) is 0 Å². The average Bonchev–Trinajstić information content (AvgIpc) is 2.28. The Kier molecular flexibility index (Phi) is 7.83. The molecular formula is C13H26N3O3+. The van der Waals surface area contributed by atoms with Crippen LogP contribution in [0.4, 0.5) is 4.79 Å². The van der Waals surface area contributed by atoms with Crippen LogP contribution >= 0.6 is 0 Å². The van der Waals surface area contributed by atoms with E-state index in [-0.39, 0.29) is 12.6 Å². The maximum Gasteiger partial charge on any atom is 0.333 e. The van der Waals surface area contributed by atoms with Gasteiger partial charge < -0.3 is 19.9 Å². The van der Waals surface area contributed by atoms with E-state index in [9.17, 15) is 9.59 Å². The van der Waals surface area contributed by atoms with Gasteiger partial charge in [0.2, 0.25) is 0 Å². The van der Waals surface area contributed by atoms with E-state index < -0.39 is 5.97 Å². The summed E-state index contributed by atoms with van der Waals surface area (Å²) in [6.45, 7) is 7.11. The summed E-state index contributed by atoms with van der Waals surface area (Å²) in [4.78, 5) is 22.4. The van der Waals surface area contributed by atoms with Crippen molar-refractivity contribution in [3.63, 3.8) is 0 Å². The quantitative estimate of drug-likeness (QED) is 0.293. The van der Waals surface area contributed by atoms with Gasteiger partial charge in [0, 0.05) is 18.5 Å². The third-order valence-corrected chi connectivity index (χ3v) is 2.26. The molecule has 0 aromatic rings. The molecule has 0 heterocycles. The molecule has 0 spiro atoms. The molecule has 6 heteroatoms. The van der Waals surface area contributed by atoms with E-state index in [1.54, 1.807) is 6.92 Å². The van der Waals surface area contributed by atoms with Gasteiger partial charge in [-0.2, -0.15) is 0 Å². The van der Waals surface area contributed by atoms with Crippen LogP contribution in [0.3, 0.4) is 0 Å². The van der Waals surface area contributed by atoms with Crippen LogP contribution in [0.5, 0.6) is 0 Å². The number of hydrogen-bond acceptors (Lipinski definition) is 3. The van der Waals surface area contributed by atoms with Crippen molar-refractivity contribution >= 4 is 12.0 Å². The number of urea groups is 1. The van der Waals surface area contributed by atoms with Gasteiger partial charge in [-0.1, -0.05) is 6.58 Å². The second kappa shape index (κ2) is 8.53. The number of carbonyl (C=O) groups excluding carboxylic acids is 2. The van der Waals surface area contributed by atoms with E-state index in [4.69, 9.17) is 4.74 Å². The fraction of sp³-hybridized carbons (Fsp3) is 0.692. The first-order chi connectivity index (χ1) is 8.72. The van der Waals surface area contributed by atoms with Crippen LogP contribution in [0.15, 0.2) is 12.2 Å². The maximum atomic E-state index is 11.4. The number of amides is 2. The van der Waals surface area contributed by atoms with Crippen LogP contribution in [-0.2, 0) is 9.53 Å². The maximum absolute atomic E-state index is 11.4. The Balaban J connectivity index is 3.50. The zero-order valence-electron chi connectivity index (χ0n) is 12.4. The van der Waals surface area contributed by atoms with E-state index in [0.29, 0.717) is 18.7 Å². The fourth-order valence-corrected chi connectivity index (χ4v) is 1.25. The largest absolute Gasteiger partial charge is 0.460 e. The molecule has 0 bridgehead atoms. The second-order valence-corrected chi connectivity index (χ2v) is 5.47. The van der Waals surface area contributed by atoms with Gasteiger partial charge >= 0.3 is 12.0 Å². The molecule has 2 N–H and O–H groups in total. The fourth-order valence-electron chi connectivity index (χ4n) is 1.25. The third kappa shape index (κ3) is 11.3. The lowest BCUT2D eigenvalue weighted by molar-refractivity contribution is -0.870. The monoisotopic (exact) mass is 272 g/mol. The lowest BCUT2D eigenvalue weighted by Crippen LogP contribution is -2.40. The third-order valence-electron chi connectivity index (χ3n) is 2.26. The van der Waals surface area contributed by atoms with Crippen molar-refractivity contribution in [1.29, 1.82) is 0 Å². The van der Waals surface area contributed by atoms with Crippen molar-refractivity contribution in [2.45, 2.75) is 13.3 Å². The molecule has 2 amide bonds. The minimum Gasteiger partial charge on any atom is -0.460 e. The van der Waals surface area contributed by atoms with Crippen molar-refractivity contribution in [1.82, 2.24) is 10.6 Å². The van der Waals surface area contributed by atoms with Crippen molar-refractivity contribution in [3.05, 3.63) is 12.2 Å². The molecule has 0 unspecified atom stereocenters. The Morgan fingerprint density at radius 2 is 1.74 bits per heavy atom. The van der Waals surface area contributed by atoms with Crippen LogP contribution in [0.2, 0.25) is 0 Å². The van der Waals surface area contributed by atoms with Crippen molar-refractivity contribution in [2.24, 2.45) is 0 Å². The molecule has 0 rings (SSSR count). The molecule has 0 fully saturated rings. The van der Waals surface area contributed by atoms with Gasteiger partial charge in [0.25, 0.3) is 0 Å². The summed E-state index contributed by atoms with van der Waals surface area (Å²) in [7, 11) is 6.32. The highest BCUT2D eigenvalue weighted by molar-refractivity contribution is 5.86. The molecule has 0 atom stereocenters. The lowest BCUT2D eigenvalue weighted by atomic mass is 10.4. The van der Waals surface area contributed by atoms with Crippen molar-refractivity contribution in [2.75, 3.05) is 47.4 Å². The van der Waals surface area contributed by atoms with Gasteiger partial charge in [-0.3, -0.25) is 0 Å². The smallest absolute Gasteiger partial charge is 0.333 e. The number of carbonyl (C=O) groups is 2. The van der Waals surface area contributed by atoms with Crippen LogP contribution in [0.25, 0.3) is 0 Å². The zero-order chi connectivity index (χ0) is 14.9. The van der Waals surface area contributed by atoms with E-state index in [0.717, 1.165) is 17.4 Å². The van der Waals surface area contributed by atoms with Crippen LogP contribution < -0.4 is 10.6 Å². The Morgan fingerprint density at radius 1 is 1.16 bits per heavy atom. The van der Waals surface area contributed by atoms with Gasteiger partial charge in [0.1, 0.15) is 6.61 Å². The number of nitrogens with one attached hydrogen (secondary N) is 2. The second-order valence-electron chi connectivity index (χ2n) is 5.47. The average molecular weight is 272 g/mol. The van der Waals surface area contributed by atoms with Gasteiger partial charge in [-0.05, 0) is 6.92 Å². The minimum absolute atomic E-state index is 0.151. The molecule has 0 aliphatic carbocycles. The van der Waals surface area contributed by atoms with E-state index in [1.165, 1.54) is 0 Å². The van der Waals surface area contributed by atoms with Crippen molar-refractivity contribution < 1.29 is 18.8 Å². The highest BCUT2D eigenvalue weighted by Crippen LogP contribution is 1.92. The Labute approximate surface area is 115 Å². The number of ether oxygens (including phenoxy) is 1. The molecular weight excluding hydrogens is 246 g/mol. The SMILES string of the molecule is C=C(C)C(=O)OCCNC(=O)NCCC[N+](C)(C)C. The summed E-state index contributed by atoms with van der Waals surface area (Å²) in [6, 6.07) is -0.243. The number of hydrogen-bond donors (Lipinski definition) is 2. The lowest BCUT2D eigenvalue weighted by Gasteiger charge is -2.23. The summed E-state index contributed by atoms with van der Waals surface area (Å²) < 4.78 is 5.72. The van der Waals surface area contributed by atoms with Gasteiger partial charge in [-0.25, -0.2) is 9.59 Å². The molecule has 0 radical (unpaired) electrons. The first kappa shape index (κ1) is 17.4. The highest BCUT2D eigenvalue weighted by atomic mass is 16.5. The Bertz CT molecular complexity index is 322. The molecule has 0 aliphatic heterocycles. The summed E-state index contributed by atoms with van der Waals surface area (Å²) in [6.07, 6.45) is 0.918. The predicted octanol–water partition coefficient (Wildman–Crippen LogP) is 0.501. The van der Waals surface area contributed by atoms with E-state index >= 15 is 0 Å². The summed E-state index contributed by atoms with van der Waals surface area (Å²) in [5.41, 5.74) is 0.352. The topological polar surface area (TPSA) is 67.4 Å². The molecule has 0 aliphatic rings. The minimum atomic E-state index is -0.440. The predicted molar refractivity (Wildman–Crippen MR) is 74.7 cm³/mol. The molecule has 19 heavy (non-hydrogen) atoms. The first-order valence-electron chi connectivity index (χ1n) is 6.37. The highest BCUT2D eigenvalue weighted by Gasteiger charge is 2.07. The van der Waals surface area contributed by atoms with Crippen molar-refractivity contribution in [3.8, 4) is 0 Å². The molecule has 6 nitrogen and oxygen atoms in total. The molecule has 0 saturated carbocycles. The van der Waals surface area contributed by atoms with E-state index in [2.05, 4.69) is 38.4 Å². The van der Waals surface area contributed by atoms with Gasteiger partial charge in [0.05, 0.1) is 34.2 Å². The number of nitrogens with zero attached hydrogens (tertiary/aromatic N) is 1. The number of esters is 1. The number of rotatable bonds is 8. The van der Waals surface area contributed by atoms with Gasteiger partial charge in [-0.15, -0.1) is 0 Å². The number of quaternary nitrogens is 1. The van der Waals surface area contributed by atoms with Crippen LogP contribution in [0, 0.1) is 0 Å². The first-order valence-corrected chi connectivity index (χ1v) is 6.37. The molecule has 0 aromatic heterocycles. The van der Waals surface area contributed by atoms with Gasteiger partial charge in [0.15, 0.2) is 0 Å². The normalized spacial score (nSPS) is 10.7.